The third kappa shape index (κ3) is 5.20. The lowest BCUT2D eigenvalue weighted by Gasteiger charge is -2.08. The zero-order chi connectivity index (χ0) is 15.0. The van der Waals surface area contributed by atoms with Gasteiger partial charge in [0.05, 0.1) is 11.9 Å². The lowest BCUT2D eigenvalue weighted by molar-refractivity contribution is -0.120. The molecule has 0 radical (unpaired) electrons. The van der Waals surface area contributed by atoms with Crippen LogP contribution in [-0.2, 0) is 9.53 Å². The first-order valence-electron chi connectivity index (χ1n) is 6.53. The van der Waals surface area contributed by atoms with Crippen molar-refractivity contribution < 1.29 is 18.7 Å². The number of hydrogen-bond donors (Lipinski definition) is 1. The number of aromatic nitrogens is 2. The van der Waals surface area contributed by atoms with Crippen LogP contribution in [0.2, 0.25) is 0 Å². The summed E-state index contributed by atoms with van der Waals surface area (Å²) in [6.45, 7) is 6.37. The SMILES string of the molecule is CCCCNC(=O)C(C)Sc1nnc(C(=O)OCC)o1. The summed E-state index contributed by atoms with van der Waals surface area (Å²) in [6, 6.07) is 0. The van der Waals surface area contributed by atoms with Crippen LogP contribution in [0.15, 0.2) is 9.64 Å². The second-order valence-corrected chi connectivity index (χ2v) is 5.29. The maximum Gasteiger partial charge on any atom is 0.396 e. The molecule has 7 nitrogen and oxygen atoms in total. The van der Waals surface area contributed by atoms with E-state index in [-0.39, 0.29) is 28.9 Å². The summed E-state index contributed by atoms with van der Waals surface area (Å²) >= 11 is 1.11. The van der Waals surface area contributed by atoms with Gasteiger partial charge in [-0.1, -0.05) is 30.2 Å². The minimum atomic E-state index is -0.660. The molecule has 1 aromatic heterocycles. The fourth-order valence-electron chi connectivity index (χ4n) is 1.27. The topological polar surface area (TPSA) is 94.3 Å². The van der Waals surface area contributed by atoms with Gasteiger partial charge in [-0.25, -0.2) is 4.79 Å². The van der Waals surface area contributed by atoms with E-state index in [1.165, 1.54) is 0 Å². The quantitative estimate of drug-likeness (QED) is 0.443. The van der Waals surface area contributed by atoms with E-state index < -0.39 is 5.97 Å². The minimum Gasteiger partial charge on any atom is -0.459 e. The summed E-state index contributed by atoms with van der Waals surface area (Å²) in [7, 11) is 0. The Hall–Kier alpha value is -1.57. The summed E-state index contributed by atoms with van der Waals surface area (Å²) in [6.07, 6.45) is 1.96. The number of hydrogen-bond acceptors (Lipinski definition) is 7. The number of amides is 1. The predicted octanol–water partition coefficient (Wildman–Crippen LogP) is 1.64. The number of ether oxygens (including phenoxy) is 1. The molecule has 1 aromatic rings. The van der Waals surface area contributed by atoms with Crippen LogP contribution in [0.25, 0.3) is 0 Å². The van der Waals surface area contributed by atoms with Crippen molar-refractivity contribution >= 4 is 23.6 Å². The molecule has 1 N–H and O–H groups in total. The van der Waals surface area contributed by atoms with Crippen LogP contribution in [0.4, 0.5) is 0 Å². The first-order chi connectivity index (χ1) is 9.58. The highest BCUT2D eigenvalue weighted by Crippen LogP contribution is 2.22. The molecular formula is C12H19N3O4S. The van der Waals surface area contributed by atoms with Crippen molar-refractivity contribution in [2.45, 2.75) is 44.1 Å². The summed E-state index contributed by atoms with van der Waals surface area (Å²) in [5.74, 6) is -0.959. The molecule has 0 saturated carbocycles. The van der Waals surface area contributed by atoms with E-state index in [1.807, 2.05) is 0 Å². The van der Waals surface area contributed by atoms with Gasteiger partial charge >= 0.3 is 11.9 Å². The van der Waals surface area contributed by atoms with Gasteiger partial charge in [0.25, 0.3) is 5.22 Å². The standard InChI is InChI=1S/C12H19N3O4S/c1-4-6-7-13-9(16)8(3)20-12-15-14-10(19-12)11(17)18-5-2/h8H,4-7H2,1-3H3,(H,13,16). The van der Waals surface area contributed by atoms with Crippen molar-refractivity contribution in [1.29, 1.82) is 0 Å². The largest absolute Gasteiger partial charge is 0.459 e. The predicted molar refractivity (Wildman–Crippen MR) is 73.5 cm³/mol. The van der Waals surface area contributed by atoms with Crippen molar-refractivity contribution in [3.63, 3.8) is 0 Å². The van der Waals surface area contributed by atoms with Crippen molar-refractivity contribution in [2.24, 2.45) is 0 Å². The highest BCUT2D eigenvalue weighted by Gasteiger charge is 2.20. The molecule has 0 aliphatic heterocycles. The molecule has 1 atom stereocenters. The molecule has 0 aromatic carbocycles. The summed E-state index contributed by atoms with van der Waals surface area (Å²) in [5.41, 5.74) is 0. The van der Waals surface area contributed by atoms with Gasteiger partial charge in [-0.2, -0.15) is 0 Å². The second-order valence-electron chi connectivity index (χ2n) is 4.00. The van der Waals surface area contributed by atoms with Crippen molar-refractivity contribution in [2.75, 3.05) is 13.2 Å². The normalized spacial score (nSPS) is 11.9. The molecule has 0 bridgehead atoms. The van der Waals surface area contributed by atoms with Crippen LogP contribution in [-0.4, -0.2) is 40.5 Å². The van der Waals surface area contributed by atoms with E-state index in [1.54, 1.807) is 13.8 Å². The average Bonchev–Trinajstić information content (AvgIpc) is 2.87. The number of thioether (sulfide) groups is 1. The van der Waals surface area contributed by atoms with Crippen molar-refractivity contribution in [3.8, 4) is 0 Å². The molecule has 112 valence electrons. The second kappa shape index (κ2) is 8.57. The number of nitrogens with one attached hydrogen (secondary N) is 1. The maximum absolute atomic E-state index is 11.8. The fraction of sp³-hybridized carbons (Fsp3) is 0.667. The van der Waals surface area contributed by atoms with Gasteiger partial charge in [0.15, 0.2) is 0 Å². The summed E-state index contributed by atoms with van der Waals surface area (Å²) in [4.78, 5) is 23.1. The number of unbranched alkanes of at least 4 members (excludes halogenated alkanes) is 1. The summed E-state index contributed by atoms with van der Waals surface area (Å²) < 4.78 is 9.87. The Bertz CT molecular complexity index is 450. The van der Waals surface area contributed by atoms with E-state index in [0.717, 1.165) is 24.6 Å². The maximum atomic E-state index is 11.8. The number of carbonyl (C=O) groups excluding carboxylic acids is 2. The van der Waals surface area contributed by atoms with Crippen molar-refractivity contribution in [1.82, 2.24) is 15.5 Å². The third-order valence-corrected chi connectivity index (χ3v) is 3.27. The molecule has 20 heavy (non-hydrogen) atoms. The zero-order valence-corrected chi connectivity index (χ0v) is 12.7. The number of carbonyl (C=O) groups is 2. The average molecular weight is 301 g/mol. The molecule has 0 fully saturated rings. The van der Waals surface area contributed by atoms with E-state index in [2.05, 4.69) is 22.4 Å². The first-order valence-corrected chi connectivity index (χ1v) is 7.41. The number of nitrogens with zero attached hydrogens (tertiary/aromatic N) is 2. The van der Waals surface area contributed by atoms with Gasteiger partial charge in [-0.05, 0) is 20.3 Å². The van der Waals surface area contributed by atoms with Gasteiger partial charge in [-0.3, -0.25) is 4.79 Å². The van der Waals surface area contributed by atoms with Crippen LogP contribution in [0.1, 0.15) is 44.3 Å². The molecule has 1 unspecified atom stereocenters. The van der Waals surface area contributed by atoms with Crippen LogP contribution < -0.4 is 5.32 Å². The van der Waals surface area contributed by atoms with Crippen molar-refractivity contribution in [3.05, 3.63) is 5.89 Å². The molecule has 1 rings (SSSR count). The van der Waals surface area contributed by atoms with E-state index in [9.17, 15) is 9.59 Å². The smallest absolute Gasteiger partial charge is 0.396 e. The number of esters is 1. The van der Waals surface area contributed by atoms with Gasteiger partial charge in [0.2, 0.25) is 5.91 Å². The summed E-state index contributed by atoms with van der Waals surface area (Å²) in [5, 5.41) is 9.89. The molecule has 1 amide bonds. The lowest BCUT2D eigenvalue weighted by atomic mass is 10.3. The van der Waals surface area contributed by atoms with Crippen LogP contribution >= 0.6 is 11.8 Å². The minimum absolute atomic E-state index is 0.0978. The molecule has 8 heteroatoms. The molecule has 0 spiro atoms. The first kappa shape index (κ1) is 16.5. The molecule has 1 heterocycles. The Kier molecular flexibility index (Phi) is 7.06. The van der Waals surface area contributed by atoms with Crippen LogP contribution in [0, 0.1) is 0 Å². The van der Waals surface area contributed by atoms with Gasteiger partial charge in [0, 0.05) is 6.54 Å². The highest BCUT2D eigenvalue weighted by atomic mass is 32.2. The Morgan fingerprint density at radius 2 is 2.15 bits per heavy atom. The molecule has 0 aliphatic rings. The fourth-order valence-corrected chi connectivity index (χ4v) is 1.98. The third-order valence-electron chi connectivity index (χ3n) is 2.33. The Morgan fingerprint density at radius 1 is 1.40 bits per heavy atom. The van der Waals surface area contributed by atoms with E-state index in [4.69, 9.17) is 9.15 Å². The van der Waals surface area contributed by atoms with Crippen LogP contribution in [0.3, 0.4) is 0 Å². The van der Waals surface area contributed by atoms with Gasteiger partial charge in [-0.15, -0.1) is 5.10 Å². The zero-order valence-electron chi connectivity index (χ0n) is 11.8. The Morgan fingerprint density at radius 3 is 2.80 bits per heavy atom. The number of rotatable bonds is 8. The molecule has 0 saturated heterocycles. The Balaban J connectivity index is 2.47. The van der Waals surface area contributed by atoms with Crippen LogP contribution in [0.5, 0.6) is 0 Å². The lowest BCUT2D eigenvalue weighted by Crippen LogP contribution is -2.31. The monoisotopic (exact) mass is 301 g/mol. The molecule has 0 aliphatic carbocycles. The van der Waals surface area contributed by atoms with E-state index >= 15 is 0 Å². The molecular weight excluding hydrogens is 282 g/mol. The highest BCUT2D eigenvalue weighted by molar-refractivity contribution is 8.00. The van der Waals surface area contributed by atoms with E-state index in [0.29, 0.717) is 6.54 Å². The van der Waals surface area contributed by atoms with Gasteiger partial charge < -0.3 is 14.5 Å². The van der Waals surface area contributed by atoms with Gasteiger partial charge in [0.1, 0.15) is 0 Å². The Labute approximate surface area is 121 Å².